The van der Waals surface area contributed by atoms with Crippen LogP contribution in [0.3, 0.4) is 0 Å². The molecule has 0 amide bonds. The Balaban J connectivity index is 1.20. The van der Waals surface area contributed by atoms with E-state index in [0.29, 0.717) is 24.5 Å². The normalized spacial score (nSPS) is 45.4. The second-order valence-corrected chi connectivity index (χ2v) is 17.1. The molecule has 0 N–H and O–H groups in total. The zero-order valence-electron chi connectivity index (χ0n) is 33.9. The van der Waals surface area contributed by atoms with Crippen molar-refractivity contribution in [1.82, 2.24) is 4.90 Å². The number of ketones is 1. The average molecular weight is 748 g/mol. The predicted molar refractivity (Wildman–Crippen MR) is 199 cm³/mol. The molecule has 53 heavy (non-hydrogen) atoms. The number of nitrogens with zero attached hydrogens (tertiary/aromatic N) is 1. The molecule has 3 aliphatic carbocycles. The molecule has 6 aliphatic rings. The fourth-order valence-corrected chi connectivity index (χ4v) is 11.1. The van der Waals surface area contributed by atoms with Crippen LogP contribution in [0, 0.1) is 35.5 Å². The van der Waals surface area contributed by atoms with Gasteiger partial charge in [0.2, 0.25) is 0 Å². The number of Topliss-reactive ketones (excluding diaryl/α,β-unsaturated/α-hetero) is 1. The van der Waals surface area contributed by atoms with Crippen LogP contribution in [-0.4, -0.2) is 119 Å². The van der Waals surface area contributed by atoms with Crippen LogP contribution in [0.15, 0.2) is 11.6 Å². The summed E-state index contributed by atoms with van der Waals surface area (Å²) < 4.78 is 50.2. The lowest BCUT2D eigenvalue weighted by Gasteiger charge is -2.44. The van der Waals surface area contributed by atoms with Crippen molar-refractivity contribution in [2.75, 3.05) is 34.9 Å². The van der Waals surface area contributed by atoms with E-state index in [4.69, 9.17) is 37.9 Å². The molecule has 0 bridgehead atoms. The van der Waals surface area contributed by atoms with Gasteiger partial charge in [-0.15, -0.1) is 0 Å². The lowest BCUT2D eigenvalue weighted by Crippen LogP contribution is -2.60. The number of allylic oxidation sites excluding steroid dienone is 2. The third kappa shape index (κ3) is 8.93. The molecular weight excluding hydrogens is 678 g/mol. The van der Waals surface area contributed by atoms with Crippen LogP contribution >= 0.6 is 0 Å². The van der Waals surface area contributed by atoms with E-state index in [-0.39, 0.29) is 90.9 Å². The van der Waals surface area contributed by atoms with Gasteiger partial charge in [0.15, 0.2) is 18.4 Å². The lowest BCUT2D eigenvalue weighted by molar-refractivity contribution is -0.317. The number of hydrogen-bond donors (Lipinski definition) is 0. The van der Waals surface area contributed by atoms with Crippen LogP contribution in [0.2, 0.25) is 0 Å². The Hall–Kier alpha value is -1.44. The number of cyclic esters (lactones) is 1. The SMILES string of the molecule is CCO[C@@H]1[C@@H](OC)[C@H](C)O[C@@H](O[C@@H]2C[C@H]3CC[C@@H]4[C@@H](C=C5C(=O)[C@H](C)[C@@H](O[C@H]6CCC(N(C)C)[C@@H](C)O6)CCC[C@H](CC)OC(=O)C[C@H]54)[C@@H]3C2)[C@@H]1OC. The maximum atomic E-state index is 14.7. The minimum atomic E-state index is -0.568. The fourth-order valence-electron chi connectivity index (χ4n) is 11.1. The van der Waals surface area contributed by atoms with E-state index in [1.807, 2.05) is 20.8 Å². The zero-order valence-corrected chi connectivity index (χ0v) is 33.9. The number of hydrogen-bond acceptors (Lipinski definition) is 11. The number of methoxy groups -OCH3 is 2. The number of rotatable bonds is 10. The second kappa shape index (κ2) is 18.2. The Kier molecular flexibility index (Phi) is 14.2. The molecule has 3 saturated heterocycles. The number of carbonyl (C=O) groups excluding carboxylic acids is 2. The summed E-state index contributed by atoms with van der Waals surface area (Å²) in [5.41, 5.74) is 0.816. The first-order valence-electron chi connectivity index (χ1n) is 20.9. The van der Waals surface area contributed by atoms with Crippen molar-refractivity contribution in [2.24, 2.45) is 35.5 Å². The van der Waals surface area contributed by atoms with Gasteiger partial charge in [0.1, 0.15) is 24.4 Å². The first-order valence-corrected chi connectivity index (χ1v) is 20.9. The minimum Gasteiger partial charge on any atom is -0.462 e. The van der Waals surface area contributed by atoms with Gasteiger partial charge in [-0.1, -0.05) is 19.9 Å². The number of carbonyl (C=O) groups is 2. The van der Waals surface area contributed by atoms with Crippen LogP contribution < -0.4 is 0 Å². The van der Waals surface area contributed by atoms with Crippen molar-refractivity contribution < 1.29 is 47.5 Å². The smallest absolute Gasteiger partial charge is 0.306 e. The molecule has 3 heterocycles. The van der Waals surface area contributed by atoms with Gasteiger partial charge in [-0.2, -0.15) is 0 Å². The van der Waals surface area contributed by atoms with E-state index in [0.717, 1.165) is 69.8 Å². The largest absolute Gasteiger partial charge is 0.462 e. The maximum absolute atomic E-state index is 14.7. The highest BCUT2D eigenvalue weighted by Gasteiger charge is 2.54. The van der Waals surface area contributed by atoms with Gasteiger partial charge < -0.3 is 42.8 Å². The van der Waals surface area contributed by atoms with Crippen LogP contribution in [0.5, 0.6) is 0 Å². The molecule has 11 nitrogen and oxygen atoms in total. The molecule has 11 heteroatoms. The van der Waals surface area contributed by atoms with Crippen molar-refractivity contribution in [2.45, 2.75) is 173 Å². The molecule has 6 rings (SSSR count). The summed E-state index contributed by atoms with van der Waals surface area (Å²) >= 11 is 0. The topological polar surface area (TPSA) is 111 Å². The van der Waals surface area contributed by atoms with Crippen molar-refractivity contribution in [3.05, 3.63) is 11.6 Å². The second-order valence-electron chi connectivity index (χ2n) is 17.1. The summed E-state index contributed by atoms with van der Waals surface area (Å²) in [6.45, 7) is 10.7. The Labute approximate surface area is 318 Å². The summed E-state index contributed by atoms with van der Waals surface area (Å²) in [5, 5.41) is 0. The molecule has 0 radical (unpaired) electrons. The van der Waals surface area contributed by atoms with Crippen LogP contribution in [-0.2, 0) is 47.5 Å². The minimum absolute atomic E-state index is 0.00218. The third-order valence-corrected chi connectivity index (χ3v) is 13.8. The van der Waals surface area contributed by atoms with Gasteiger partial charge in [0.25, 0.3) is 0 Å². The molecule has 0 aromatic heterocycles. The lowest BCUT2D eigenvalue weighted by atomic mass is 9.66. The van der Waals surface area contributed by atoms with Gasteiger partial charge in [0.05, 0.1) is 30.8 Å². The van der Waals surface area contributed by atoms with Crippen LogP contribution in [0.25, 0.3) is 0 Å². The molecule has 17 atom stereocenters. The predicted octanol–water partition coefficient (Wildman–Crippen LogP) is 6.10. The molecule has 3 aliphatic heterocycles. The Bertz CT molecular complexity index is 1260. The number of esters is 1. The summed E-state index contributed by atoms with van der Waals surface area (Å²) in [6.07, 6.45) is 8.81. The molecule has 0 aromatic carbocycles. The van der Waals surface area contributed by atoms with Crippen molar-refractivity contribution in [3.8, 4) is 0 Å². The number of ether oxygens (including phenoxy) is 8. The van der Waals surface area contributed by atoms with E-state index >= 15 is 0 Å². The number of fused-ring (bicyclic) bond motifs is 5. The van der Waals surface area contributed by atoms with Gasteiger partial charge in [-0.25, -0.2) is 0 Å². The van der Waals surface area contributed by atoms with Crippen LogP contribution in [0.1, 0.15) is 105 Å². The van der Waals surface area contributed by atoms with E-state index in [9.17, 15) is 9.59 Å². The molecule has 0 spiro atoms. The van der Waals surface area contributed by atoms with E-state index in [1.165, 1.54) is 0 Å². The van der Waals surface area contributed by atoms with Gasteiger partial charge in [-0.3, -0.25) is 9.59 Å². The van der Waals surface area contributed by atoms with E-state index < -0.39 is 12.4 Å². The van der Waals surface area contributed by atoms with Gasteiger partial charge in [0, 0.05) is 38.7 Å². The third-order valence-electron chi connectivity index (χ3n) is 13.8. The van der Waals surface area contributed by atoms with Crippen molar-refractivity contribution in [3.63, 3.8) is 0 Å². The maximum Gasteiger partial charge on any atom is 0.306 e. The highest BCUT2D eigenvalue weighted by molar-refractivity contribution is 5.99. The molecule has 302 valence electrons. The highest BCUT2D eigenvalue weighted by atomic mass is 16.7. The van der Waals surface area contributed by atoms with Crippen molar-refractivity contribution >= 4 is 11.8 Å². The molecular formula is C42H69NO10. The molecule has 5 fully saturated rings. The zero-order chi connectivity index (χ0) is 38.0. The van der Waals surface area contributed by atoms with Gasteiger partial charge in [-0.05, 0) is 128 Å². The number of likely N-dealkylation sites (N-methyl/N-ethyl adjacent to an activating group) is 1. The standard InChI is InChI=1S/C42H69NO10/c1-10-27-13-12-14-35(53-37-18-17-34(43(6)7)24(4)49-37)23(3)38(45)33-21-31-29(32(33)22-36(44)51-27)16-15-26-19-28(20-30(26)31)52-42-41(47-9)40(48-11-2)39(46-8)25(5)50-42/h21,23-32,34-35,37,39-42H,10-20,22H2,1-9H3/t23-,24-,25+,26-,27+,28-,29-,30-,31-,32+,34?,35+,37+,39+,40-,41-,42+/m1/s1. The summed E-state index contributed by atoms with van der Waals surface area (Å²) in [4.78, 5) is 30.5. The molecule has 1 unspecified atom stereocenters. The quantitative estimate of drug-likeness (QED) is 0.242. The van der Waals surface area contributed by atoms with Gasteiger partial charge >= 0.3 is 5.97 Å². The van der Waals surface area contributed by atoms with E-state index in [2.05, 4.69) is 38.9 Å². The first-order chi connectivity index (χ1) is 25.5. The molecule has 2 saturated carbocycles. The Morgan fingerprint density at radius 1 is 0.830 bits per heavy atom. The van der Waals surface area contributed by atoms with Crippen molar-refractivity contribution in [1.29, 1.82) is 0 Å². The summed E-state index contributed by atoms with van der Waals surface area (Å²) in [6, 6.07) is 0.345. The fraction of sp³-hybridized carbons (Fsp3) is 0.905. The Morgan fingerprint density at radius 3 is 2.28 bits per heavy atom. The summed E-state index contributed by atoms with van der Waals surface area (Å²) in [5.74, 6) is 0.733. The summed E-state index contributed by atoms with van der Waals surface area (Å²) in [7, 11) is 7.55. The molecule has 0 aromatic rings. The monoisotopic (exact) mass is 747 g/mol. The van der Waals surface area contributed by atoms with Crippen LogP contribution in [0.4, 0.5) is 0 Å². The Morgan fingerprint density at radius 2 is 1.60 bits per heavy atom. The highest BCUT2D eigenvalue weighted by Crippen LogP contribution is 2.57. The average Bonchev–Trinajstić information content (AvgIpc) is 3.70. The first kappa shape index (κ1) is 41.2. The van der Waals surface area contributed by atoms with E-state index in [1.54, 1.807) is 14.2 Å².